The number of carbonyl (C=O) groups excluding carboxylic acids is 3. The SMILES string of the molecule is COC(=O)c1ccc2[nH]c3c(c2c1)CN(C(=O)C(=O)c1ccc(C)cc1)CC3. The van der Waals surface area contributed by atoms with Gasteiger partial charge in [0.15, 0.2) is 0 Å². The normalized spacial score (nSPS) is 13.3. The number of H-pyrrole nitrogens is 1. The number of aromatic nitrogens is 1. The van der Waals surface area contributed by atoms with Gasteiger partial charge in [-0.25, -0.2) is 4.79 Å². The Hall–Kier alpha value is -3.41. The highest BCUT2D eigenvalue weighted by atomic mass is 16.5. The number of aromatic amines is 1. The zero-order chi connectivity index (χ0) is 19.8. The van der Waals surface area contributed by atoms with E-state index in [-0.39, 0.29) is 0 Å². The Balaban J connectivity index is 1.63. The van der Waals surface area contributed by atoms with Crippen LogP contribution in [0.1, 0.15) is 37.5 Å². The molecule has 1 N–H and O–H groups in total. The quantitative estimate of drug-likeness (QED) is 0.433. The van der Waals surface area contributed by atoms with Crippen molar-refractivity contribution in [1.29, 1.82) is 0 Å². The monoisotopic (exact) mass is 376 g/mol. The Labute approximate surface area is 162 Å². The van der Waals surface area contributed by atoms with Crippen molar-refractivity contribution in [2.24, 2.45) is 0 Å². The Morgan fingerprint density at radius 3 is 2.46 bits per heavy atom. The van der Waals surface area contributed by atoms with E-state index in [1.54, 1.807) is 29.2 Å². The van der Waals surface area contributed by atoms with Crippen LogP contribution >= 0.6 is 0 Å². The van der Waals surface area contributed by atoms with Crippen LogP contribution in [-0.2, 0) is 22.5 Å². The summed E-state index contributed by atoms with van der Waals surface area (Å²) in [7, 11) is 1.34. The van der Waals surface area contributed by atoms with Crippen LogP contribution in [0.5, 0.6) is 0 Å². The number of benzene rings is 2. The number of ether oxygens (including phenoxy) is 1. The third-order valence-corrected chi connectivity index (χ3v) is 5.19. The van der Waals surface area contributed by atoms with Crippen LogP contribution in [-0.4, -0.2) is 41.2 Å². The summed E-state index contributed by atoms with van der Waals surface area (Å²) in [5.41, 5.74) is 4.76. The smallest absolute Gasteiger partial charge is 0.337 e. The number of aryl methyl sites for hydroxylation is 1. The number of carbonyl (C=O) groups is 3. The van der Waals surface area contributed by atoms with Crippen molar-refractivity contribution >= 4 is 28.6 Å². The predicted molar refractivity (Wildman–Crippen MR) is 104 cm³/mol. The van der Waals surface area contributed by atoms with Crippen LogP contribution in [0.15, 0.2) is 42.5 Å². The summed E-state index contributed by atoms with van der Waals surface area (Å²) in [6.45, 7) is 2.73. The number of nitrogens with zero attached hydrogens (tertiary/aromatic N) is 1. The number of hydrogen-bond donors (Lipinski definition) is 1. The van der Waals surface area contributed by atoms with E-state index in [0.29, 0.717) is 30.6 Å². The van der Waals surface area contributed by atoms with Gasteiger partial charge in [-0.05, 0) is 25.1 Å². The van der Waals surface area contributed by atoms with E-state index in [2.05, 4.69) is 4.98 Å². The molecule has 0 spiro atoms. The molecule has 1 amide bonds. The van der Waals surface area contributed by atoms with Gasteiger partial charge in [0, 0.05) is 47.2 Å². The summed E-state index contributed by atoms with van der Waals surface area (Å²) in [4.78, 5) is 42.1. The van der Waals surface area contributed by atoms with E-state index in [9.17, 15) is 14.4 Å². The van der Waals surface area contributed by atoms with E-state index in [0.717, 1.165) is 27.7 Å². The van der Waals surface area contributed by atoms with Gasteiger partial charge in [-0.2, -0.15) is 0 Å². The molecule has 0 aliphatic carbocycles. The number of fused-ring (bicyclic) bond motifs is 3. The fourth-order valence-electron chi connectivity index (χ4n) is 3.60. The zero-order valence-corrected chi connectivity index (χ0v) is 15.7. The molecule has 1 aliphatic heterocycles. The number of methoxy groups -OCH3 is 1. The van der Waals surface area contributed by atoms with Crippen molar-refractivity contribution in [2.45, 2.75) is 19.9 Å². The van der Waals surface area contributed by atoms with Gasteiger partial charge in [-0.15, -0.1) is 0 Å². The van der Waals surface area contributed by atoms with Crippen molar-refractivity contribution in [3.05, 3.63) is 70.4 Å². The topological polar surface area (TPSA) is 79.5 Å². The fraction of sp³-hybridized carbons (Fsp3) is 0.227. The molecule has 0 bridgehead atoms. The molecule has 2 aromatic carbocycles. The summed E-state index contributed by atoms with van der Waals surface area (Å²) in [5.74, 6) is -1.42. The first-order chi connectivity index (χ1) is 13.5. The molecule has 0 unspecified atom stereocenters. The molecule has 3 aromatic rings. The highest BCUT2D eigenvalue weighted by Crippen LogP contribution is 2.29. The average molecular weight is 376 g/mol. The van der Waals surface area contributed by atoms with E-state index in [1.807, 2.05) is 25.1 Å². The highest BCUT2D eigenvalue weighted by Gasteiger charge is 2.28. The number of nitrogens with one attached hydrogen (secondary N) is 1. The molecule has 28 heavy (non-hydrogen) atoms. The standard InChI is InChI=1S/C22H20N2O4/c1-13-3-5-14(6-4-13)20(25)21(26)24-10-9-19-17(12-24)16-11-15(22(27)28-2)7-8-18(16)23-19/h3-8,11,23H,9-10,12H2,1-2H3. The van der Waals surface area contributed by atoms with Crippen molar-refractivity contribution in [3.8, 4) is 0 Å². The Kier molecular flexibility index (Phi) is 4.47. The molecule has 142 valence electrons. The van der Waals surface area contributed by atoms with Crippen molar-refractivity contribution < 1.29 is 19.1 Å². The molecule has 6 heteroatoms. The molecule has 6 nitrogen and oxygen atoms in total. The highest BCUT2D eigenvalue weighted by molar-refractivity contribution is 6.42. The van der Waals surface area contributed by atoms with E-state index in [1.165, 1.54) is 7.11 Å². The molecule has 2 heterocycles. The molecular formula is C22H20N2O4. The fourth-order valence-corrected chi connectivity index (χ4v) is 3.60. The van der Waals surface area contributed by atoms with Crippen LogP contribution in [0, 0.1) is 6.92 Å². The van der Waals surface area contributed by atoms with Crippen LogP contribution in [0.3, 0.4) is 0 Å². The van der Waals surface area contributed by atoms with Gasteiger partial charge >= 0.3 is 5.97 Å². The molecule has 0 radical (unpaired) electrons. The van der Waals surface area contributed by atoms with Gasteiger partial charge < -0.3 is 14.6 Å². The van der Waals surface area contributed by atoms with E-state index in [4.69, 9.17) is 4.74 Å². The van der Waals surface area contributed by atoms with Crippen LogP contribution in [0.4, 0.5) is 0 Å². The first kappa shape index (κ1) is 18.0. The minimum Gasteiger partial charge on any atom is -0.465 e. The molecule has 0 fully saturated rings. The molecular weight excluding hydrogens is 356 g/mol. The van der Waals surface area contributed by atoms with Gasteiger partial charge in [-0.3, -0.25) is 9.59 Å². The minimum atomic E-state index is -0.507. The second-order valence-electron chi connectivity index (χ2n) is 7.01. The summed E-state index contributed by atoms with van der Waals surface area (Å²) >= 11 is 0. The zero-order valence-electron chi connectivity index (χ0n) is 15.7. The Morgan fingerprint density at radius 2 is 1.75 bits per heavy atom. The molecule has 1 aliphatic rings. The number of ketones is 1. The van der Waals surface area contributed by atoms with Crippen molar-refractivity contribution in [2.75, 3.05) is 13.7 Å². The lowest BCUT2D eigenvalue weighted by Gasteiger charge is -2.26. The van der Waals surface area contributed by atoms with Crippen molar-refractivity contribution in [1.82, 2.24) is 9.88 Å². The lowest BCUT2D eigenvalue weighted by atomic mass is 10.0. The Bertz CT molecular complexity index is 1100. The summed E-state index contributed by atoms with van der Waals surface area (Å²) in [6.07, 6.45) is 0.629. The number of esters is 1. The summed E-state index contributed by atoms with van der Waals surface area (Å²) < 4.78 is 4.80. The number of amides is 1. The number of hydrogen-bond acceptors (Lipinski definition) is 4. The Morgan fingerprint density at radius 1 is 1.04 bits per heavy atom. The van der Waals surface area contributed by atoms with Crippen LogP contribution < -0.4 is 0 Å². The first-order valence-corrected chi connectivity index (χ1v) is 9.10. The second kappa shape index (κ2) is 6.96. The minimum absolute atomic E-state index is 0.330. The van der Waals surface area contributed by atoms with E-state index >= 15 is 0 Å². The third kappa shape index (κ3) is 3.07. The summed E-state index contributed by atoms with van der Waals surface area (Å²) in [6, 6.07) is 12.3. The molecule has 0 saturated heterocycles. The van der Waals surface area contributed by atoms with Gasteiger partial charge in [0.2, 0.25) is 5.78 Å². The maximum absolute atomic E-state index is 12.8. The first-order valence-electron chi connectivity index (χ1n) is 9.10. The van der Waals surface area contributed by atoms with Gasteiger partial charge in [0.05, 0.1) is 12.7 Å². The van der Waals surface area contributed by atoms with Gasteiger partial charge in [0.1, 0.15) is 0 Å². The van der Waals surface area contributed by atoms with Gasteiger partial charge in [-0.1, -0.05) is 29.8 Å². The molecule has 0 saturated carbocycles. The maximum Gasteiger partial charge on any atom is 0.337 e. The van der Waals surface area contributed by atoms with Crippen LogP contribution in [0.25, 0.3) is 10.9 Å². The molecule has 0 atom stereocenters. The average Bonchev–Trinajstić information content (AvgIpc) is 3.09. The lowest BCUT2D eigenvalue weighted by molar-refractivity contribution is -0.127. The molecule has 4 rings (SSSR count). The largest absolute Gasteiger partial charge is 0.465 e. The van der Waals surface area contributed by atoms with Crippen molar-refractivity contribution in [3.63, 3.8) is 0 Å². The summed E-state index contributed by atoms with van der Waals surface area (Å²) in [5, 5.41) is 0.873. The van der Waals surface area contributed by atoms with Crippen LogP contribution in [0.2, 0.25) is 0 Å². The lowest BCUT2D eigenvalue weighted by Crippen LogP contribution is -2.40. The maximum atomic E-state index is 12.8. The third-order valence-electron chi connectivity index (χ3n) is 5.19. The predicted octanol–water partition coefficient (Wildman–Crippen LogP) is 3.03. The number of rotatable bonds is 3. The van der Waals surface area contributed by atoms with E-state index < -0.39 is 17.7 Å². The molecule has 1 aromatic heterocycles. The second-order valence-corrected chi connectivity index (χ2v) is 7.01. The van der Waals surface area contributed by atoms with Gasteiger partial charge in [0.25, 0.3) is 5.91 Å². The number of Topliss-reactive ketones (excluding diaryl/α,β-unsaturated/α-hetero) is 1.